The van der Waals surface area contributed by atoms with Crippen molar-refractivity contribution >= 4 is 0 Å². The Bertz CT molecular complexity index is 622. The predicted molar refractivity (Wildman–Crippen MR) is 72.6 cm³/mol. The number of nitrogens with two attached hydrogens (primary N) is 1. The Hall–Kier alpha value is -1.82. The van der Waals surface area contributed by atoms with Crippen molar-refractivity contribution in [2.45, 2.75) is 39.7 Å². The van der Waals surface area contributed by atoms with Gasteiger partial charge in [-0.1, -0.05) is 19.1 Å². The summed E-state index contributed by atoms with van der Waals surface area (Å²) in [5.74, 6) is -1.000. The highest BCUT2D eigenvalue weighted by atomic mass is 19.1. The number of aryl methyl sites for hydroxylation is 1. The maximum Gasteiger partial charge on any atom is 0.149 e. The van der Waals surface area contributed by atoms with E-state index in [1.165, 1.54) is 11.6 Å². The topological polar surface area (TPSA) is 56.7 Å². The van der Waals surface area contributed by atoms with Crippen molar-refractivity contribution in [1.29, 1.82) is 0 Å². The van der Waals surface area contributed by atoms with Gasteiger partial charge in [0.2, 0.25) is 0 Å². The molecule has 2 aromatic rings. The summed E-state index contributed by atoms with van der Waals surface area (Å²) in [4.78, 5) is 0. The number of benzene rings is 1. The van der Waals surface area contributed by atoms with Crippen LogP contribution in [0.2, 0.25) is 0 Å². The number of nitrogens with zero attached hydrogens (tertiary/aromatic N) is 3. The van der Waals surface area contributed by atoms with Gasteiger partial charge in [0.15, 0.2) is 0 Å². The lowest BCUT2D eigenvalue weighted by Gasteiger charge is -2.10. The van der Waals surface area contributed by atoms with Gasteiger partial charge >= 0.3 is 0 Å². The largest absolute Gasteiger partial charge is 0.323 e. The van der Waals surface area contributed by atoms with E-state index < -0.39 is 11.6 Å². The van der Waals surface area contributed by atoms with E-state index in [-0.39, 0.29) is 17.3 Å². The Morgan fingerprint density at radius 1 is 1.25 bits per heavy atom. The van der Waals surface area contributed by atoms with Gasteiger partial charge in [-0.2, -0.15) is 0 Å². The van der Waals surface area contributed by atoms with E-state index in [1.54, 1.807) is 0 Å². The van der Waals surface area contributed by atoms with Crippen LogP contribution in [0, 0.1) is 18.6 Å². The zero-order valence-electron chi connectivity index (χ0n) is 11.8. The normalized spacial score (nSPS) is 12.7. The van der Waals surface area contributed by atoms with E-state index in [1.807, 2.05) is 13.8 Å². The molecule has 6 heteroatoms. The molecule has 20 heavy (non-hydrogen) atoms. The summed E-state index contributed by atoms with van der Waals surface area (Å²) in [6.45, 7) is 5.36. The molecule has 0 spiro atoms. The Morgan fingerprint density at radius 3 is 2.55 bits per heavy atom. The van der Waals surface area contributed by atoms with Gasteiger partial charge in [0.25, 0.3) is 0 Å². The SMILES string of the molecule is CCc1c(C(N)CC)nnn1-c1cc(F)c(C)cc1F. The van der Waals surface area contributed by atoms with Crippen molar-refractivity contribution in [2.75, 3.05) is 0 Å². The zero-order valence-corrected chi connectivity index (χ0v) is 11.8. The van der Waals surface area contributed by atoms with Gasteiger partial charge in [0, 0.05) is 6.07 Å². The third-order valence-corrected chi connectivity index (χ3v) is 3.38. The molecule has 0 saturated heterocycles. The lowest BCUT2D eigenvalue weighted by Crippen LogP contribution is -2.13. The number of hydrogen-bond acceptors (Lipinski definition) is 3. The molecule has 0 saturated carbocycles. The van der Waals surface area contributed by atoms with Crippen LogP contribution >= 0.6 is 0 Å². The van der Waals surface area contributed by atoms with Crippen LogP contribution in [0.5, 0.6) is 0 Å². The van der Waals surface area contributed by atoms with Crippen molar-refractivity contribution in [3.63, 3.8) is 0 Å². The molecule has 1 aromatic carbocycles. The second-order valence-corrected chi connectivity index (χ2v) is 4.75. The van der Waals surface area contributed by atoms with Crippen LogP contribution in [0.1, 0.15) is 43.3 Å². The average Bonchev–Trinajstić information content (AvgIpc) is 2.85. The Labute approximate surface area is 116 Å². The molecule has 108 valence electrons. The predicted octanol–water partition coefficient (Wildman–Crippen LogP) is 2.83. The number of rotatable bonds is 4. The molecule has 1 heterocycles. The minimum absolute atomic E-state index is 0.0620. The smallest absolute Gasteiger partial charge is 0.149 e. The summed E-state index contributed by atoms with van der Waals surface area (Å²) in [6.07, 6.45) is 1.29. The van der Waals surface area contributed by atoms with E-state index in [9.17, 15) is 8.78 Å². The van der Waals surface area contributed by atoms with Gasteiger partial charge in [-0.25, -0.2) is 13.5 Å². The molecular weight excluding hydrogens is 262 g/mol. The number of aromatic nitrogens is 3. The molecule has 1 unspecified atom stereocenters. The van der Waals surface area contributed by atoms with Gasteiger partial charge in [-0.05, 0) is 31.4 Å². The Morgan fingerprint density at radius 2 is 1.95 bits per heavy atom. The van der Waals surface area contributed by atoms with E-state index in [0.29, 0.717) is 24.2 Å². The maximum absolute atomic E-state index is 14.0. The van der Waals surface area contributed by atoms with E-state index in [2.05, 4.69) is 10.3 Å². The maximum atomic E-state index is 14.0. The molecule has 0 aliphatic carbocycles. The van der Waals surface area contributed by atoms with E-state index >= 15 is 0 Å². The first-order chi connectivity index (χ1) is 9.49. The molecule has 0 radical (unpaired) electrons. The fourth-order valence-corrected chi connectivity index (χ4v) is 2.12. The monoisotopic (exact) mass is 280 g/mol. The minimum Gasteiger partial charge on any atom is -0.323 e. The summed E-state index contributed by atoms with van der Waals surface area (Å²) < 4.78 is 29.0. The third-order valence-electron chi connectivity index (χ3n) is 3.38. The highest BCUT2D eigenvalue weighted by Crippen LogP contribution is 2.23. The van der Waals surface area contributed by atoms with Crippen LogP contribution in [0.4, 0.5) is 8.78 Å². The molecule has 0 aliphatic heterocycles. The van der Waals surface area contributed by atoms with Crippen LogP contribution in [-0.4, -0.2) is 15.0 Å². The first-order valence-electron chi connectivity index (χ1n) is 6.65. The molecular formula is C14H18F2N4. The quantitative estimate of drug-likeness (QED) is 0.937. The lowest BCUT2D eigenvalue weighted by molar-refractivity contribution is 0.575. The summed E-state index contributed by atoms with van der Waals surface area (Å²) in [5, 5.41) is 7.96. The van der Waals surface area contributed by atoms with Crippen LogP contribution in [0.25, 0.3) is 5.69 Å². The van der Waals surface area contributed by atoms with Crippen LogP contribution < -0.4 is 5.73 Å². The van der Waals surface area contributed by atoms with Gasteiger partial charge in [-0.3, -0.25) is 0 Å². The number of halogens is 2. The molecule has 2 N–H and O–H groups in total. The first kappa shape index (κ1) is 14.6. The summed E-state index contributed by atoms with van der Waals surface area (Å²) in [5.41, 5.74) is 7.64. The molecule has 2 rings (SSSR count). The fraction of sp³-hybridized carbons (Fsp3) is 0.429. The van der Waals surface area contributed by atoms with Crippen molar-refractivity contribution in [3.05, 3.63) is 40.7 Å². The van der Waals surface area contributed by atoms with Crippen LogP contribution in [0.15, 0.2) is 12.1 Å². The molecule has 0 fully saturated rings. The standard InChI is InChI=1S/C14H18F2N4/c1-4-11(17)14-12(5-2)20(19-18-14)13-7-9(15)8(3)6-10(13)16/h6-7,11H,4-5,17H2,1-3H3. The third kappa shape index (κ3) is 2.43. The van der Waals surface area contributed by atoms with Gasteiger partial charge in [0.05, 0.1) is 11.7 Å². The summed E-state index contributed by atoms with van der Waals surface area (Å²) in [6, 6.07) is 2.04. The van der Waals surface area contributed by atoms with E-state index in [0.717, 1.165) is 12.1 Å². The summed E-state index contributed by atoms with van der Waals surface area (Å²) in [7, 11) is 0. The van der Waals surface area contributed by atoms with Crippen LogP contribution in [0.3, 0.4) is 0 Å². The Balaban J connectivity index is 2.59. The Kier molecular flexibility index (Phi) is 4.13. The molecule has 1 atom stereocenters. The van der Waals surface area contributed by atoms with Crippen LogP contribution in [-0.2, 0) is 6.42 Å². The van der Waals surface area contributed by atoms with Crippen molar-refractivity contribution in [3.8, 4) is 5.69 Å². The zero-order chi connectivity index (χ0) is 14.9. The highest BCUT2D eigenvalue weighted by molar-refractivity contribution is 5.38. The molecule has 0 amide bonds. The van der Waals surface area contributed by atoms with Crippen molar-refractivity contribution < 1.29 is 8.78 Å². The fourth-order valence-electron chi connectivity index (χ4n) is 2.12. The average molecular weight is 280 g/mol. The second-order valence-electron chi connectivity index (χ2n) is 4.75. The summed E-state index contributed by atoms with van der Waals surface area (Å²) >= 11 is 0. The second kappa shape index (κ2) is 5.66. The van der Waals surface area contributed by atoms with Gasteiger partial charge < -0.3 is 5.73 Å². The van der Waals surface area contributed by atoms with E-state index in [4.69, 9.17) is 5.73 Å². The van der Waals surface area contributed by atoms with Crippen molar-refractivity contribution in [2.24, 2.45) is 5.73 Å². The molecule has 4 nitrogen and oxygen atoms in total. The molecule has 0 bridgehead atoms. The molecule has 0 aliphatic rings. The molecule has 1 aromatic heterocycles. The first-order valence-corrected chi connectivity index (χ1v) is 6.65. The van der Waals surface area contributed by atoms with Crippen molar-refractivity contribution in [1.82, 2.24) is 15.0 Å². The number of hydrogen-bond donors (Lipinski definition) is 1. The lowest BCUT2D eigenvalue weighted by atomic mass is 10.1. The van der Waals surface area contributed by atoms with Gasteiger partial charge in [-0.15, -0.1) is 5.10 Å². The van der Waals surface area contributed by atoms with Gasteiger partial charge in [0.1, 0.15) is 23.0 Å². The minimum atomic E-state index is -0.528. The highest BCUT2D eigenvalue weighted by Gasteiger charge is 2.20.